The van der Waals surface area contributed by atoms with Gasteiger partial charge in [-0.3, -0.25) is 9.59 Å². The van der Waals surface area contributed by atoms with Gasteiger partial charge in [0.25, 0.3) is 0 Å². The van der Waals surface area contributed by atoms with Crippen molar-refractivity contribution in [1.29, 1.82) is 0 Å². The molecular weight excluding hydrogens is 528 g/mol. The number of aliphatic hydroxyl groups excluding tert-OH is 1. The molecule has 0 spiro atoms. The maximum atomic E-state index is 11.6. The van der Waals surface area contributed by atoms with E-state index in [9.17, 15) is 19.5 Å². The van der Waals surface area contributed by atoms with Gasteiger partial charge in [-0.15, -0.1) is 0 Å². The Labute approximate surface area is 256 Å². The Morgan fingerprint density at radius 1 is 0.690 bits per heavy atom. The van der Waals surface area contributed by atoms with Gasteiger partial charge in [-0.2, -0.15) is 0 Å². The summed E-state index contributed by atoms with van der Waals surface area (Å²) in [7, 11) is 0. The maximum Gasteiger partial charge on any atom is 0.303 e. The standard InChI is InChI=1S/C18H32O3.C18H30O3/c2*1-13(20)21-18(5)11-7-14-16(2,3)9-6-10-17(14,4)15(18)8-12-19/h14-15,19H,6-12H2,1-5H3;12,14-15H,6-11H2,1-5H3/t2*14-,15+,17-,18+/m00/s1. The molecule has 4 saturated carbocycles. The van der Waals surface area contributed by atoms with Crippen molar-refractivity contribution >= 4 is 18.2 Å². The molecule has 4 aliphatic carbocycles. The van der Waals surface area contributed by atoms with E-state index in [1.54, 1.807) is 0 Å². The third kappa shape index (κ3) is 6.64. The van der Waals surface area contributed by atoms with E-state index in [4.69, 9.17) is 9.47 Å². The molecule has 6 nitrogen and oxygen atoms in total. The fraction of sp³-hybridized carbons (Fsp3) is 0.917. The number of aldehydes is 1. The third-order valence-electron chi connectivity index (χ3n) is 13.0. The van der Waals surface area contributed by atoms with Crippen LogP contribution in [0.5, 0.6) is 0 Å². The summed E-state index contributed by atoms with van der Waals surface area (Å²) >= 11 is 0. The topological polar surface area (TPSA) is 89.9 Å². The normalized spacial score (nSPS) is 42.1. The van der Waals surface area contributed by atoms with Gasteiger partial charge in [0, 0.05) is 38.7 Å². The van der Waals surface area contributed by atoms with Gasteiger partial charge in [-0.1, -0.05) is 54.4 Å². The molecule has 0 aromatic heterocycles. The summed E-state index contributed by atoms with van der Waals surface area (Å²) in [5.74, 6) is 1.20. The van der Waals surface area contributed by atoms with Crippen LogP contribution < -0.4 is 0 Å². The molecule has 42 heavy (non-hydrogen) atoms. The van der Waals surface area contributed by atoms with Gasteiger partial charge in [0.2, 0.25) is 0 Å². The van der Waals surface area contributed by atoms with E-state index in [1.807, 2.05) is 6.92 Å². The molecule has 1 N–H and O–H groups in total. The van der Waals surface area contributed by atoms with Crippen LogP contribution in [0.1, 0.15) is 146 Å². The first-order valence-corrected chi connectivity index (χ1v) is 16.7. The van der Waals surface area contributed by atoms with Gasteiger partial charge in [0.15, 0.2) is 0 Å². The van der Waals surface area contributed by atoms with Crippen LogP contribution in [0.4, 0.5) is 0 Å². The highest BCUT2D eigenvalue weighted by Gasteiger charge is 2.60. The van der Waals surface area contributed by atoms with E-state index >= 15 is 0 Å². The van der Waals surface area contributed by atoms with Gasteiger partial charge in [-0.05, 0) is 105 Å². The predicted octanol–water partition coefficient (Wildman–Crippen LogP) is 8.07. The van der Waals surface area contributed by atoms with E-state index < -0.39 is 11.2 Å². The van der Waals surface area contributed by atoms with Crippen LogP contribution in [0, 0.1) is 45.3 Å². The second-order valence-electron chi connectivity index (χ2n) is 16.7. The summed E-state index contributed by atoms with van der Waals surface area (Å²) in [5, 5.41) is 9.58. The van der Waals surface area contributed by atoms with Crippen molar-refractivity contribution < 1.29 is 29.0 Å². The van der Waals surface area contributed by atoms with Crippen LogP contribution in [0.15, 0.2) is 0 Å². The van der Waals surface area contributed by atoms with Crippen LogP contribution in [-0.4, -0.2) is 41.1 Å². The predicted molar refractivity (Wildman–Crippen MR) is 167 cm³/mol. The van der Waals surface area contributed by atoms with Crippen LogP contribution in [-0.2, 0) is 23.9 Å². The molecular formula is C36H62O6. The van der Waals surface area contributed by atoms with Gasteiger partial charge in [0.1, 0.15) is 17.5 Å². The second kappa shape index (κ2) is 12.5. The SMILES string of the molecule is CC(=O)O[C@]1(C)CC[C@H]2C(C)(C)CCC[C@]2(C)[C@H]1CC=O.CC(=O)O[C@]1(C)CC[C@H]2C(C)(C)CCC[C@]2(C)[C@H]1CCO. The fourth-order valence-electron chi connectivity index (χ4n) is 11.5. The zero-order chi connectivity index (χ0) is 31.8. The number of hydrogen-bond donors (Lipinski definition) is 1. The number of hydrogen-bond acceptors (Lipinski definition) is 6. The van der Waals surface area contributed by atoms with Crippen LogP contribution in [0.25, 0.3) is 0 Å². The molecule has 4 rings (SSSR count). The first-order valence-electron chi connectivity index (χ1n) is 16.7. The summed E-state index contributed by atoms with van der Waals surface area (Å²) in [5.41, 5.74) is -0.0133. The monoisotopic (exact) mass is 590 g/mol. The largest absolute Gasteiger partial charge is 0.459 e. The average Bonchev–Trinajstić information content (AvgIpc) is 2.82. The van der Waals surface area contributed by atoms with Crippen molar-refractivity contribution in [2.45, 2.75) is 157 Å². The van der Waals surface area contributed by atoms with Crippen molar-refractivity contribution in [2.24, 2.45) is 45.3 Å². The minimum atomic E-state index is -0.495. The van der Waals surface area contributed by atoms with Crippen LogP contribution in [0.2, 0.25) is 0 Å². The van der Waals surface area contributed by atoms with E-state index in [-0.39, 0.29) is 41.2 Å². The number of rotatable bonds is 6. The molecule has 0 heterocycles. The molecule has 0 aromatic carbocycles. The lowest BCUT2D eigenvalue weighted by Gasteiger charge is -2.61. The lowest BCUT2D eigenvalue weighted by atomic mass is 9.45. The van der Waals surface area contributed by atoms with Crippen molar-refractivity contribution in [3.05, 3.63) is 0 Å². The lowest BCUT2D eigenvalue weighted by Crippen LogP contribution is -2.59. The summed E-state index contributed by atoms with van der Waals surface area (Å²) in [6.45, 7) is 21.5. The molecule has 4 fully saturated rings. The Morgan fingerprint density at radius 3 is 1.48 bits per heavy atom. The van der Waals surface area contributed by atoms with E-state index in [2.05, 4.69) is 48.5 Å². The van der Waals surface area contributed by atoms with Gasteiger partial charge in [-0.25, -0.2) is 0 Å². The number of aliphatic hydroxyl groups is 1. The number of carbonyl (C=O) groups excluding carboxylic acids is 3. The molecule has 4 aliphatic rings. The molecule has 0 saturated heterocycles. The van der Waals surface area contributed by atoms with Crippen LogP contribution in [0.3, 0.4) is 0 Å². The van der Waals surface area contributed by atoms with Crippen LogP contribution >= 0.6 is 0 Å². The highest BCUT2D eigenvalue weighted by Crippen LogP contribution is 2.64. The Bertz CT molecular complexity index is 987. The number of carbonyl (C=O) groups is 3. The van der Waals surface area contributed by atoms with Crippen molar-refractivity contribution in [3.63, 3.8) is 0 Å². The van der Waals surface area contributed by atoms with Gasteiger partial charge in [0.05, 0.1) is 0 Å². The van der Waals surface area contributed by atoms with Gasteiger partial charge < -0.3 is 19.4 Å². The molecule has 0 amide bonds. The Morgan fingerprint density at radius 2 is 1.10 bits per heavy atom. The minimum Gasteiger partial charge on any atom is -0.459 e. The molecule has 242 valence electrons. The zero-order valence-corrected chi connectivity index (χ0v) is 28.6. The molecule has 0 radical (unpaired) electrons. The minimum absolute atomic E-state index is 0.0884. The Kier molecular flexibility index (Phi) is 10.4. The Hall–Kier alpha value is -1.43. The molecule has 0 unspecified atom stereocenters. The zero-order valence-electron chi connectivity index (χ0n) is 28.6. The molecule has 0 aromatic rings. The first kappa shape index (κ1) is 35.1. The Balaban J connectivity index is 0.000000230. The van der Waals surface area contributed by atoms with Crippen molar-refractivity contribution in [2.75, 3.05) is 6.61 Å². The molecule has 0 bridgehead atoms. The van der Waals surface area contributed by atoms with Gasteiger partial charge >= 0.3 is 11.9 Å². The third-order valence-corrected chi connectivity index (χ3v) is 13.0. The molecule has 0 aliphatic heterocycles. The van der Waals surface area contributed by atoms with E-state index in [0.717, 1.165) is 44.8 Å². The molecule has 8 atom stereocenters. The average molecular weight is 591 g/mol. The number of fused-ring (bicyclic) bond motifs is 2. The lowest BCUT2D eigenvalue weighted by molar-refractivity contribution is -0.201. The first-order chi connectivity index (χ1) is 19.3. The van der Waals surface area contributed by atoms with Crippen molar-refractivity contribution in [3.8, 4) is 0 Å². The maximum absolute atomic E-state index is 11.6. The summed E-state index contributed by atoms with van der Waals surface area (Å²) in [4.78, 5) is 34.4. The van der Waals surface area contributed by atoms with Crippen molar-refractivity contribution in [1.82, 2.24) is 0 Å². The summed E-state index contributed by atoms with van der Waals surface area (Å²) in [6.07, 6.45) is 13.5. The molecule has 6 heteroatoms. The number of esters is 2. The summed E-state index contributed by atoms with van der Waals surface area (Å²) in [6, 6.07) is 0. The van der Waals surface area contributed by atoms with E-state index in [1.165, 1.54) is 46.0 Å². The summed E-state index contributed by atoms with van der Waals surface area (Å²) < 4.78 is 11.5. The highest BCUT2D eigenvalue weighted by molar-refractivity contribution is 5.67. The quantitative estimate of drug-likeness (QED) is 0.248. The highest BCUT2D eigenvalue weighted by atomic mass is 16.6. The smallest absolute Gasteiger partial charge is 0.303 e. The second-order valence-corrected chi connectivity index (χ2v) is 16.7. The number of ether oxygens (including phenoxy) is 2. The van der Waals surface area contributed by atoms with E-state index in [0.29, 0.717) is 29.1 Å². The fourth-order valence-corrected chi connectivity index (χ4v) is 11.5.